The van der Waals surface area contributed by atoms with Crippen LogP contribution in [0.2, 0.25) is 4.34 Å². The minimum atomic E-state index is -3.49. The van der Waals surface area contributed by atoms with Gasteiger partial charge in [-0.25, -0.2) is 8.42 Å². The van der Waals surface area contributed by atoms with Gasteiger partial charge in [-0.15, -0.1) is 11.3 Å². The first kappa shape index (κ1) is 17.8. The first-order valence-corrected chi connectivity index (χ1v) is 11.6. The summed E-state index contributed by atoms with van der Waals surface area (Å²) < 4.78 is 27.4. The van der Waals surface area contributed by atoms with Crippen molar-refractivity contribution in [2.45, 2.75) is 36.3 Å². The van der Waals surface area contributed by atoms with Crippen LogP contribution in [0.1, 0.15) is 32.1 Å². The van der Waals surface area contributed by atoms with Gasteiger partial charge in [0.15, 0.2) is 0 Å². The van der Waals surface area contributed by atoms with Crippen molar-refractivity contribution in [1.29, 1.82) is 0 Å². The van der Waals surface area contributed by atoms with Crippen molar-refractivity contribution < 1.29 is 13.2 Å². The van der Waals surface area contributed by atoms with Crippen LogP contribution in [-0.4, -0.2) is 49.7 Å². The highest BCUT2D eigenvalue weighted by Gasteiger charge is 2.41. The molecule has 2 saturated carbocycles. The fourth-order valence-electron chi connectivity index (χ4n) is 4.72. The average molecular weight is 403 g/mol. The number of rotatable bonds is 4. The molecule has 1 aliphatic heterocycles. The van der Waals surface area contributed by atoms with Gasteiger partial charge >= 0.3 is 0 Å². The molecule has 4 rings (SSSR count). The summed E-state index contributed by atoms with van der Waals surface area (Å²) in [4.78, 5) is 14.4. The lowest BCUT2D eigenvalue weighted by molar-refractivity contribution is -0.133. The third-order valence-corrected chi connectivity index (χ3v) is 9.65. The molecular formula is C17H23ClN2O3S2. The van der Waals surface area contributed by atoms with Gasteiger partial charge in [-0.1, -0.05) is 18.0 Å². The fourth-order valence-corrected chi connectivity index (χ4v) is 7.78. The molecule has 138 valence electrons. The number of piperazine rings is 1. The summed E-state index contributed by atoms with van der Waals surface area (Å²) in [5, 5.41) is 0. The maximum Gasteiger partial charge on any atom is 0.252 e. The van der Waals surface area contributed by atoms with Gasteiger partial charge in [-0.2, -0.15) is 4.31 Å². The minimum absolute atomic E-state index is 0.203. The van der Waals surface area contributed by atoms with Crippen LogP contribution < -0.4 is 0 Å². The second-order valence-electron chi connectivity index (χ2n) is 7.48. The molecule has 2 bridgehead atoms. The van der Waals surface area contributed by atoms with E-state index in [4.69, 9.17) is 11.6 Å². The summed E-state index contributed by atoms with van der Waals surface area (Å²) >= 11 is 6.94. The third-order valence-electron chi connectivity index (χ3n) is 6.06. The minimum Gasteiger partial charge on any atom is -0.340 e. The van der Waals surface area contributed by atoms with Crippen LogP contribution >= 0.6 is 22.9 Å². The molecular weight excluding hydrogens is 380 g/mol. The largest absolute Gasteiger partial charge is 0.340 e. The van der Waals surface area contributed by atoms with E-state index in [0.717, 1.165) is 23.2 Å². The average Bonchev–Trinajstić information content (AvgIpc) is 3.32. The molecule has 1 saturated heterocycles. The van der Waals surface area contributed by atoms with E-state index in [2.05, 4.69) is 0 Å². The van der Waals surface area contributed by atoms with E-state index in [-0.39, 0.29) is 10.1 Å². The molecule has 0 N–H and O–H groups in total. The number of thiophene rings is 1. The zero-order chi connectivity index (χ0) is 17.6. The number of amides is 1. The Morgan fingerprint density at radius 2 is 1.92 bits per heavy atom. The van der Waals surface area contributed by atoms with E-state index in [0.29, 0.717) is 42.9 Å². The lowest BCUT2D eigenvalue weighted by Gasteiger charge is -2.34. The Hall–Kier alpha value is -0.630. The van der Waals surface area contributed by atoms with Gasteiger partial charge in [0.1, 0.15) is 4.21 Å². The van der Waals surface area contributed by atoms with Crippen molar-refractivity contribution in [3.05, 3.63) is 16.5 Å². The standard InChI is InChI=1S/C17H23ClN2O3S2/c18-15-3-4-17(24-15)25(22,23)20-7-5-19(6-8-20)16(21)11-14-10-12-1-2-13(14)9-12/h3-4,12-14H,1-2,5-11H2/t12-,13-,14+/m1/s1. The molecule has 1 aromatic heterocycles. The molecule has 5 nitrogen and oxygen atoms in total. The number of fused-ring (bicyclic) bond motifs is 2. The number of halogens is 1. The Morgan fingerprint density at radius 3 is 2.48 bits per heavy atom. The lowest BCUT2D eigenvalue weighted by atomic mass is 9.86. The number of nitrogens with zero attached hydrogens (tertiary/aromatic N) is 2. The molecule has 3 atom stereocenters. The highest BCUT2D eigenvalue weighted by Crippen LogP contribution is 2.49. The molecule has 3 fully saturated rings. The van der Waals surface area contributed by atoms with E-state index in [1.165, 1.54) is 30.0 Å². The van der Waals surface area contributed by atoms with Gasteiger partial charge in [0, 0.05) is 32.6 Å². The lowest BCUT2D eigenvalue weighted by Crippen LogP contribution is -2.50. The Balaban J connectivity index is 1.33. The Labute approximate surface area is 158 Å². The quantitative estimate of drug-likeness (QED) is 0.777. The topological polar surface area (TPSA) is 57.7 Å². The van der Waals surface area contributed by atoms with Crippen LogP contribution in [0.15, 0.2) is 16.3 Å². The van der Waals surface area contributed by atoms with E-state index in [9.17, 15) is 13.2 Å². The molecule has 1 aromatic rings. The molecule has 8 heteroatoms. The summed E-state index contributed by atoms with van der Waals surface area (Å²) in [6, 6.07) is 3.16. The monoisotopic (exact) mass is 402 g/mol. The van der Waals surface area contributed by atoms with Crippen molar-refractivity contribution in [3.8, 4) is 0 Å². The second-order valence-corrected chi connectivity index (χ2v) is 11.4. The van der Waals surface area contributed by atoms with Gasteiger partial charge in [-0.3, -0.25) is 4.79 Å². The van der Waals surface area contributed by atoms with Gasteiger partial charge in [-0.05, 0) is 49.1 Å². The van der Waals surface area contributed by atoms with Gasteiger partial charge in [0.2, 0.25) is 5.91 Å². The zero-order valence-corrected chi connectivity index (χ0v) is 16.5. The molecule has 0 aromatic carbocycles. The predicted octanol–water partition coefficient (Wildman–Crippen LogP) is 3.06. The van der Waals surface area contributed by atoms with Crippen molar-refractivity contribution in [2.75, 3.05) is 26.2 Å². The number of hydrogen-bond acceptors (Lipinski definition) is 4. The number of carbonyl (C=O) groups excluding carboxylic acids is 1. The molecule has 3 aliphatic rings. The van der Waals surface area contributed by atoms with Gasteiger partial charge in [0.05, 0.1) is 4.34 Å². The van der Waals surface area contributed by atoms with E-state index < -0.39 is 10.0 Å². The maximum atomic E-state index is 12.6. The van der Waals surface area contributed by atoms with Crippen molar-refractivity contribution in [3.63, 3.8) is 0 Å². The van der Waals surface area contributed by atoms with Gasteiger partial charge < -0.3 is 4.90 Å². The van der Waals surface area contributed by atoms with Crippen LogP contribution in [0, 0.1) is 17.8 Å². The maximum absolute atomic E-state index is 12.6. The molecule has 0 radical (unpaired) electrons. The number of carbonyl (C=O) groups is 1. The van der Waals surface area contributed by atoms with Crippen molar-refractivity contribution >= 4 is 38.9 Å². The molecule has 0 unspecified atom stereocenters. The molecule has 2 aliphatic carbocycles. The van der Waals surface area contributed by atoms with Crippen LogP contribution in [-0.2, 0) is 14.8 Å². The number of hydrogen-bond donors (Lipinski definition) is 0. The third kappa shape index (κ3) is 3.48. The number of sulfonamides is 1. The molecule has 25 heavy (non-hydrogen) atoms. The molecule has 1 amide bonds. The van der Waals surface area contributed by atoms with E-state index in [1.807, 2.05) is 4.90 Å². The molecule has 2 heterocycles. The summed E-state index contributed by atoms with van der Waals surface area (Å²) in [6.45, 7) is 1.69. The SMILES string of the molecule is O=C(C[C@@H]1C[C@@H]2CC[C@@H]1C2)N1CCN(S(=O)(=O)c2ccc(Cl)s2)CC1. The molecule has 0 spiro atoms. The van der Waals surface area contributed by atoms with Crippen LogP contribution in [0.4, 0.5) is 0 Å². The normalized spacial score (nSPS) is 30.1. The Bertz CT molecular complexity index is 756. The fraction of sp³-hybridized carbons (Fsp3) is 0.706. The zero-order valence-electron chi connectivity index (χ0n) is 14.1. The Morgan fingerprint density at radius 1 is 1.16 bits per heavy atom. The first-order valence-electron chi connectivity index (χ1n) is 8.97. The van der Waals surface area contributed by atoms with Crippen LogP contribution in [0.5, 0.6) is 0 Å². The highest BCUT2D eigenvalue weighted by atomic mass is 35.5. The Kier molecular flexibility index (Phi) is 4.86. The van der Waals surface area contributed by atoms with Crippen LogP contribution in [0.25, 0.3) is 0 Å². The van der Waals surface area contributed by atoms with Crippen molar-refractivity contribution in [1.82, 2.24) is 9.21 Å². The summed E-state index contributed by atoms with van der Waals surface area (Å²) in [7, 11) is -3.49. The predicted molar refractivity (Wildman–Crippen MR) is 98.2 cm³/mol. The van der Waals surface area contributed by atoms with Crippen molar-refractivity contribution in [2.24, 2.45) is 17.8 Å². The van der Waals surface area contributed by atoms with E-state index >= 15 is 0 Å². The smallest absolute Gasteiger partial charge is 0.252 e. The summed E-state index contributed by atoms with van der Waals surface area (Å²) in [5.74, 6) is 2.36. The van der Waals surface area contributed by atoms with Crippen LogP contribution in [0.3, 0.4) is 0 Å². The first-order chi connectivity index (χ1) is 11.9. The summed E-state index contributed by atoms with van der Waals surface area (Å²) in [5.41, 5.74) is 0. The summed E-state index contributed by atoms with van der Waals surface area (Å²) in [6.07, 6.45) is 5.81. The van der Waals surface area contributed by atoms with Gasteiger partial charge in [0.25, 0.3) is 10.0 Å². The highest BCUT2D eigenvalue weighted by molar-refractivity contribution is 7.91. The second kappa shape index (κ2) is 6.83. The van der Waals surface area contributed by atoms with E-state index in [1.54, 1.807) is 12.1 Å².